The summed E-state index contributed by atoms with van der Waals surface area (Å²) in [6, 6.07) is 6.72. The first-order chi connectivity index (χ1) is 10.5. The predicted molar refractivity (Wildman–Crippen MR) is 84.3 cm³/mol. The zero-order valence-electron chi connectivity index (χ0n) is 12.4. The summed E-state index contributed by atoms with van der Waals surface area (Å²) >= 11 is 0. The molecule has 22 heavy (non-hydrogen) atoms. The van der Waals surface area contributed by atoms with Crippen molar-refractivity contribution in [2.24, 2.45) is 4.99 Å². The van der Waals surface area contributed by atoms with Crippen LogP contribution in [0.4, 0.5) is 0 Å². The summed E-state index contributed by atoms with van der Waals surface area (Å²) in [5.41, 5.74) is 0.584. The van der Waals surface area contributed by atoms with Crippen LogP contribution in [0.2, 0.25) is 0 Å². The molecule has 0 aliphatic carbocycles. The van der Waals surface area contributed by atoms with Crippen molar-refractivity contribution in [1.82, 2.24) is 15.4 Å². The number of carbonyl (C=O) groups excluding carboxylic acids is 1. The topological polar surface area (TPSA) is 99.7 Å². The van der Waals surface area contributed by atoms with E-state index >= 15 is 0 Å². The lowest BCUT2D eigenvalue weighted by molar-refractivity contribution is -0.121. The lowest BCUT2D eigenvalue weighted by atomic mass is 10.2. The van der Waals surface area contributed by atoms with Crippen LogP contribution in [0.15, 0.2) is 34.2 Å². The maximum atomic E-state index is 11.9. The van der Waals surface area contributed by atoms with E-state index in [4.69, 9.17) is 0 Å². The van der Waals surface area contributed by atoms with Crippen molar-refractivity contribution in [1.29, 1.82) is 0 Å². The van der Waals surface area contributed by atoms with Gasteiger partial charge in [0.15, 0.2) is 0 Å². The van der Waals surface area contributed by atoms with Gasteiger partial charge in [-0.1, -0.05) is 12.1 Å². The SMILES string of the molecule is CNCCNC(=O)CCCN=C1NS(=O)(=O)c2ccccc21. The van der Waals surface area contributed by atoms with Crippen LogP contribution in [0.25, 0.3) is 0 Å². The number of benzene rings is 1. The molecule has 0 spiro atoms. The average Bonchev–Trinajstić information content (AvgIpc) is 2.76. The highest BCUT2D eigenvalue weighted by molar-refractivity contribution is 7.90. The standard InChI is InChI=1S/C14H20N4O3S/c1-15-9-10-16-13(19)7-4-8-17-14-11-5-2-3-6-12(11)22(20,21)18-14/h2-3,5-6,15H,4,7-10H2,1H3,(H,16,19)(H,17,18). The molecular formula is C14H20N4O3S. The van der Waals surface area contributed by atoms with Gasteiger partial charge in [-0.05, 0) is 25.6 Å². The number of nitrogens with zero attached hydrogens (tertiary/aromatic N) is 1. The number of amides is 1. The number of fused-ring (bicyclic) bond motifs is 1. The Kier molecular flexibility index (Phi) is 5.51. The highest BCUT2D eigenvalue weighted by Crippen LogP contribution is 2.22. The molecule has 1 amide bonds. The fourth-order valence-corrected chi connectivity index (χ4v) is 3.35. The fraction of sp³-hybridized carbons (Fsp3) is 0.429. The maximum Gasteiger partial charge on any atom is 0.263 e. The molecule has 1 aliphatic heterocycles. The first kappa shape index (κ1) is 16.4. The van der Waals surface area contributed by atoms with Gasteiger partial charge in [0, 0.05) is 31.6 Å². The molecule has 1 aromatic rings. The molecule has 7 nitrogen and oxygen atoms in total. The third-order valence-corrected chi connectivity index (χ3v) is 4.59. The van der Waals surface area contributed by atoms with E-state index in [1.807, 2.05) is 7.05 Å². The molecule has 0 radical (unpaired) electrons. The van der Waals surface area contributed by atoms with Crippen molar-refractivity contribution >= 4 is 21.8 Å². The fourth-order valence-electron chi connectivity index (χ4n) is 2.10. The summed E-state index contributed by atoms with van der Waals surface area (Å²) in [6.45, 7) is 1.72. The molecule has 0 fully saturated rings. The summed E-state index contributed by atoms with van der Waals surface area (Å²) in [5, 5.41) is 5.72. The van der Waals surface area contributed by atoms with Crippen LogP contribution in [0.3, 0.4) is 0 Å². The van der Waals surface area contributed by atoms with Gasteiger partial charge >= 0.3 is 0 Å². The Balaban J connectivity index is 1.87. The van der Waals surface area contributed by atoms with E-state index in [2.05, 4.69) is 20.3 Å². The molecule has 8 heteroatoms. The Labute approximate surface area is 130 Å². The first-order valence-corrected chi connectivity index (χ1v) is 8.61. The van der Waals surface area contributed by atoms with E-state index in [1.165, 1.54) is 0 Å². The molecule has 0 saturated carbocycles. The highest BCUT2D eigenvalue weighted by Gasteiger charge is 2.29. The Morgan fingerprint density at radius 1 is 1.27 bits per heavy atom. The molecule has 0 atom stereocenters. The second-order valence-corrected chi connectivity index (χ2v) is 6.54. The van der Waals surface area contributed by atoms with E-state index < -0.39 is 10.0 Å². The number of rotatable bonds is 7. The predicted octanol–water partition coefficient (Wildman–Crippen LogP) is -0.159. The van der Waals surface area contributed by atoms with Crippen LogP contribution in [0.5, 0.6) is 0 Å². The van der Waals surface area contributed by atoms with E-state index in [0.717, 1.165) is 6.54 Å². The van der Waals surface area contributed by atoms with Crippen LogP contribution in [0.1, 0.15) is 18.4 Å². The molecule has 120 valence electrons. The maximum absolute atomic E-state index is 11.9. The molecular weight excluding hydrogens is 304 g/mol. The third kappa shape index (κ3) is 4.05. The molecule has 1 aromatic carbocycles. The summed E-state index contributed by atoms with van der Waals surface area (Å²) in [6.07, 6.45) is 0.938. The summed E-state index contributed by atoms with van der Waals surface area (Å²) in [7, 11) is -1.67. The van der Waals surface area contributed by atoms with Crippen molar-refractivity contribution in [3.8, 4) is 0 Å². The Bertz CT molecular complexity index is 670. The third-order valence-electron chi connectivity index (χ3n) is 3.19. The van der Waals surface area contributed by atoms with Gasteiger partial charge < -0.3 is 10.6 Å². The molecule has 3 N–H and O–H groups in total. The molecule has 0 aromatic heterocycles. The number of nitrogens with one attached hydrogen (secondary N) is 3. The van der Waals surface area contributed by atoms with Gasteiger partial charge in [-0.25, -0.2) is 8.42 Å². The number of carbonyl (C=O) groups is 1. The van der Waals surface area contributed by atoms with E-state index in [9.17, 15) is 13.2 Å². The summed E-state index contributed by atoms with van der Waals surface area (Å²) < 4.78 is 26.2. The van der Waals surface area contributed by atoms with Crippen molar-refractivity contribution in [2.45, 2.75) is 17.7 Å². The summed E-state index contributed by atoms with van der Waals surface area (Å²) in [4.78, 5) is 16.0. The van der Waals surface area contributed by atoms with Gasteiger partial charge in [0.25, 0.3) is 10.0 Å². The quantitative estimate of drug-likeness (QED) is 0.607. The average molecular weight is 324 g/mol. The zero-order chi connectivity index (χ0) is 16.0. The zero-order valence-corrected chi connectivity index (χ0v) is 13.2. The van der Waals surface area contributed by atoms with Crippen molar-refractivity contribution < 1.29 is 13.2 Å². The normalized spacial score (nSPS) is 17.0. The first-order valence-electron chi connectivity index (χ1n) is 7.12. The summed E-state index contributed by atoms with van der Waals surface area (Å²) in [5.74, 6) is 0.328. The number of amidine groups is 1. The molecule has 2 rings (SSSR count). The van der Waals surface area contributed by atoms with E-state index in [1.54, 1.807) is 24.3 Å². The highest BCUT2D eigenvalue weighted by atomic mass is 32.2. The van der Waals surface area contributed by atoms with Gasteiger partial charge in [0.05, 0.1) is 4.90 Å². The lowest BCUT2D eigenvalue weighted by Crippen LogP contribution is -2.30. The van der Waals surface area contributed by atoms with Gasteiger partial charge in [-0.2, -0.15) is 0 Å². The molecule has 0 bridgehead atoms. The van der Waals surface area contributed by atoms with Crippen LogP contribution in [-0.2, 0) is 14.8 Å². The number of hydrogen-bond donors (Lipinski definition) is 3. The number of sulfonamides is 1. The number of hydrogen-bond acceptors (Lipinski definition) is 5. The Hall–Kier alpha value is -1.93. The van der Waals surface area contributed by atoms with Crippen LogP contribution < -0.4 is 15.4 Å². The second kappa shape index (κ2) is 7.37. The smallest absolute Gasteiger partial charge is 0.263 e. The van der Waals surface area contributed by atoms with Gasteiger partial charge in [-0.3, -0.25) is 14.5 Å². The van der Waals surface area contributed by atoms with Crippen LogP contribution in [0, 0.1) is 0 Å². The van der Waals surface area contributed by atoms with Gasteiger partial charge in [-0.15, -0.1) is 0 Å². The van der Waals surface area contributed by atoms with E-state index in [0.29, 0.717) is 37.3 Å². The second-order valence-electron chi connectivity index (χ2n) is 4.89. The molecule has 0 unspecified atom stereocenters. The van der Waals surface area contributed by atoms with E-state index in [-0.39, 0.29) is 10.8 Å². The number of likely N-dealkylation sites (N-methyl/N-ethyl adjacent to an activating group) is 1. The molecule has 1 aliphatic rings. The van der Waals surface area contributed by atoms with Crippen LogP contribution in [-0.4, -0.2) is 46.8 Å². The van der Waals surface area contributed by atoms with Crippen molar-refractivity contribution in [2.75, 3.05) is 26.7 Å². The van der Waals surface area contributed by atoms with Gasteiger partial charge in [0.1, 0.15) is 5.84 Å². The minimum atomic E-state index is -3.49. The van der Waals surface area contributed by atoms with Crippen LogP contribution >= 0.6 is 0 Å². The van der Waals surface area contributed by atoms with Crippen molar-refractivity contribution in [3.63, 3.8) is 0 Å². The van der Waals surface area contributed by atoms with Gasteiger partial charge in [0.2, 0.25) is 5.91 Å². The largest absolute Gasteiger partial charge is 0.355 e. The monoisotopic (exact) mass is 324 g/mol. The molecule has 1 heterocycles. The number of aliphatic imine (C=N–C) groups is 1. The Morgan fingerprint density at radius 2 is 2.05 bits per heavy atom. The Morgan fingerprint density at radius 3 is 2.82 bits per heavy atom. The lowest BCUT2D eigenvalue weighted by Gasteiger charge is -2.03. The minimum Gasteiger partial charge on any atom is -0.355 e. The minimum absolute atomic E-state index is 0.0251. The van der Waals surface area contributed by atoms with Crippen molar-refractivity contribution in [3.05, 3.63) is 29.8 Å². The molecule has 0 saturated heterocycles.